The smallest absolute Gasteiger partial charge is 0.241 e. The molecule has 2 atom stereocenters. The number of aromatic hydroxyl groups is 1. The van der Waals surface area contributed by atoms with E-state index in [1.54, 1.807) is 18.2 Å². The number of nitrogens with two attached hydrogens (primary N) is 1. The summed E-state index contributed by atoms with van der Waals surface area (Å²) in [6.07, 6.45) is 0.842. The van der Waals surface area contributed by atoms with Gasteiger partial charge in [0.1, 0.15) is 5.75 Å². The van der Waals surface area contributed by atoms with E-state index in [1.807, 2.05) is 20.8 Å². The number of aryl methyl sites for hydroxylation is 1. The Labute approximate surface area is 114 Å². The van der Waals surface area contributed by atoms with Gasteiger partial charge in [-0.3, -0.25) is 4.79 Å². The Morgan fingerprint density at radius 3 is 2.67 bits per heavy atom. The lowest BCUT2D eigenvalue weighted by Gasteiger charge is -2.18. The summed E-state index contributed by atoms with van der Waals surface area (Å²) < 4.78 is 0. The summed E-state index contributed by atoms with van der Waals surface area (Å²) in [6, 6.07) is 4.50. The molecule has 1 aromatic carbocycles. The maximum absolute atomic E-state index is 11.8. The van der Waals surface area contributed by atoms with Crippen LogP contribution in [0.5, 0.6) is 5.75 Å². The van der Waals surface area contributed by atoms with Crippen LogP contribution in [0.4, 0.5) is 5.69 Å². The molecule has 1 aromatic rings. The molecule has 0 bridgehead atoms. The van der Waals surface area contributed by atoms with Crippen molar-refractivity contribution in [1.82, 2.24) is 0 Å². The number of hydrogen-bond acceptors (Lipinski definition) is 3. The summed E-state index contributed by atoms with van der Waals surface area (Å²) in [7, 11) is 0. The van der Waals surface area contributed by atoms with Gasteiger partial charge in [0, 0.05) is 0 Å². The SMILES string of the molecule is CCC(C)C(N)C(=O)Nc1cc(C)ccc1O.Cl. The van der Waals surface area contributed by atoms with Crippen molar-refractivity contribution < 1.29 is 9.90 Å². The van der Waals surface area contributed by atoms with Gasteiger partial charge in [0.2, 0.25) is 5.91 Å². The van der Waals surface area contributed by atoms with E-state index in [-0.39, 0.29) is 30.0 Å². The van der Waals surface area contributed by atoms with Crippen molar-refractivity contribution in [3.63, 3.8) is 0 Å². The lowest BCUT2D eigenvalue weighted by atomic mass is 9.99. The zero-order valence-electron chi connectivity index (χ0n) is 10.9. The number of anilines is 1. The van der Waals surface area contributed by atoms with Crippen LogP contribution in [0.15, 0.2) is 18.2 Å². The molecule has 102 valence electrons. The third-order valence-electron chi connectivity index (χ3n) is 2.97. The molecule has 2 unspecified atom stereocenters. The molecular weight excluding hydrogens is 252 g/mol. The maximum atomic E-state index is 11.8. The molecule has 0 aliphatic rings. The van der Waals surface area contributed by atoms with Crippen molar-refractivity contribution in [3.05, 3.63) is 23.8 Å². The standard InChI is InChI=1S/C13H20N2O2.ClH/c1-4-9(3)12(14)13(17)15-10-7-8(2)5-6-11(10)16;/h5-7,9,12,16H,4,14H2,1-3H3,(H,15,17);1H. The monoisotopic (exact) mass is 272 g/mol. The number of phenols is 1. The summed E-state index contributed by atoms with van der Waals surface area (Å²) in [5.74, 6) is -0.0949. The quantitative estimate of drug-likeness (QED) is 0.737. The number of carbonyl (C=O) groups excluding carboxylic acids is 1. The van der Waals surface area contributed by atoms with E-state index in [4.69, 9.17) is 5.73 Å². The van der Waals surface area contributed by atoms with E-state index in [1.165, 1.54) is 0 Å². The molecule has 0 saturated carbocycles. The molecule has 4 nitrogen and oxygen atoms in total. The van der Waals surface area contributed by atoms with E-state index in [9.17, 15) is 9.90 Å². The molecule has 0 saturated heterocycles. The second-order valence-electron chi connectivity index (χ2n) is 4.42. The van der Waals surface area contributed by atoms with Crippen LogP contribution in [-0.2, 0) is 4.79 Å². The zero-order valence-corrected chi connectivity index (χ0v) is 11.8. The van der Waals surface area contributed by atoms with Gasteiger partial charge in [-0.25, -0.2) is 0 Å². The van der Waals surface area contributed by atoms with E-state index >= 15 is 0 Å². The molecule has 18 heavy (non-hydrogen) atoms. The average Bonchev–Trinajstić information content (AvgIpc) is 2.31. The Morgan fingerprint density at radius 2 is 2.11 bits per heavy atom. The van der Waals surface area contributed by atoms with Gasteiger partial charge in [-0.1, -0.05) is 26.3 Å². The van der Waals surface area contributed by atoms with E-state index in [2.05, 4.69) is 5.32 Å². The number of amides is 1. The van der Waals surface area contributed by atoms with E-state index in [0.29, 0.717) is 5.69 Å². The second-order valence-corrected chi connectivity index (χ2v) is 4.42. The summed E-state index contributed by atoms with van der Waals surface area (Å²) in [6.45, 7) is 5.81. The minimum atomic E-state index is -0.556. The minimum absolute atomic E-state index is 0. The van der Waals surface area contributed by atoms with Crippen LogP contribution in [0.25, 0.3) is 0 Å². The predicted octanol–water partition coefficient (Wildman–Crippen LogP) is 2.43. The van der Waals surface area contributed by atoms with Crippen molar-refractivity contribution >= 4 is 24.0 Å². The van der Waals surface area contributed by atoms with Crippen molar-refractivity contribution in [2.75, 3.05) is 5.32 Å². The topological polar surface area (TPSA) is 75.4 Å². The van der Waals surface area contributed by atoms with Gasteiger partial charge in [-0.2, -0.15) is 0 Å². The minimum Gasteiger partial charge on any atom is -0.506 e. The summed E-state index contributed by atoms with van der Waals surface area (Å²) in [4.78, 5) is 11.8. The summed E-state index contributed by atoms with van der Waals surface area (Å²) >= 11 is 0. The van der Waals surface area contributed by atoms with Gasteiger partial charge in [-0.15, -0.1) is 12.4 Å². The van der Waals surface area contributed by atoms with Crippen LogP contribution in [0.2, 0.25) is 0 Å². The van der Waals surface area contributed by atoms with Gasteiger partial charge in [0.25, 0.3) is 0 Å². The van der Waals surface area contributed by atoms with Crippen molar-refractivity contribution in [2.24, 2.45) is 11.7 Å². The third-order valence-corrected chi connectivity index (χ3v) is 2.97. The molecule has 1 amide bonds. The number of rotatable bonds is 4. The van der Waals surface area contributed by atoms with Gasteiger partial charge < -0.3 is 16.2 Å². The summed E-state index contributed by atoms with van der Waals surface area (Å²) in [5.41, 5.74) is 7.19. The Bertz CT molecular complexity index is 410. The van der Waals surface area contributed by atoms with Crippen LogP contribution in [0, 0.1) is 12.8 Å². The van der Waals surface area contributed by atoms with Gasteiger partial charge in [-0.05, 0) is 30.5 Å². The number of phenolic OH excluding ortho intramolecular Hbond substituents is 1. The van der Waals surface area contributed by atoms with Gasteiger partial charge in [0.15, 0.2) is 0 Å². The zero-order chi connectivity index (χ0) is 13.0. The molecule has 0 heterocycles. The predicted molar refractivity (Wildman–Crippen MR) is 76.2 cm³/mol. The molecule has 0 spiro atoms. The fourth-order valence-electron chi connectivity index (χ4n) is 1.48. The van der Waals surface area contributed by atoms with Crippen molar-refractivity contribution in [2.45, 2.75) is 33.2 Å². The first-order valence-corrected chi connectivity index (χ1v) is 5.81. The fourth-order valence-corrected chi connectivity index (χ4v) is 1.48. The fraction of sp³-hybridized carbons (Fsp3) is 0.462. The van der Waals surface area contributed by atoms with Crippen molar-refractivity contribution in [3.8, 4) is 5.75 Å². The normalized spacial score (nSPS) is 13.3. The lowest BCUT2D eigenvalue weighted by Crippen LogP contribution is -2.40. The number of benzene rings is 1. The summed E-state index contributed by atoms with van der Waals surface area (Å²) in [5, 5.41) is 12.3. The molecule has 0 aliphatic heterocycles. The number of carbonyl (C=O) groups is 1. The van der Waals surface area contributed by atoms with Gasteiger partial charge in [0.05, 0.1) is 11.7 Å². The first kappa shape index (κ1) is 16.7. The first-order valence-electron chi connectivity index (χ1n) is 5.81. The highest BCUT2D eigenvalue weighted by Gasteiger charge is 2.20. The van der Waals surface area contributed by atoms with Gasteiger partial charge >= 0.3 is 0 Å². The van der Waals surface area contributed by atoms with Crippen LogP contribution < -0.4 is 11.1 Å². The Kier molecular flexibility index (Phi) is 6.73. The lowest BCUT2D eigenvalue weighted by molar-refractivity contribution is -0.118. The van der Waals surface area contributed by atoms with Crippen LogP contribution in [0.3, 0.4) is 0 Å². The highest BCUT2D eigenvalue weighted by Crippen LogP contribution is 2.24. The van der Waals surface area contributed by atoms with Crippen molar-refractivity contribution in [1.29, 1.82) is 0 Å². The van der Waals surface area contributed by atoms with Crippen LogP contribution in [0.1, 0.15) is 25.8 Å². The highest BCUT2D eigenvalue weighted by atomic mass is 35.5. The van der Waals surface area contributed by atoms with E-state index in [0.717, 1.165) is 12.0 Å². The largest absolute Gasteiger partial charge is 0.506 e. The van der Waals surface area contributed by atoms with E-state index < -0.39 is 6.04 Å². The molecule has 0 aromatic heterocycles. The average molecular weight is 273 g/mol. The molecule has 1 rings (SSSR count). The second kappa shape index (κ2) is 7.24. The molecule has 0 radical (unpaired) electrons. The molecule has 4 N–H and O–H groups in total. The molecule has 5 heteroatoms. The Balaban J connectivity index is 0.00000289. The Hall–Kier alpha value is -1.26. The maximum Gasteiger partial charge on any atom is 0.241 e. The number of nitrogens with one attached hydrogen (secondary N) is 1. The molecular formula is C13H21ClN2O2. The van der Waals surface area contributed by atoms with Crippen LogP contribution >= 0.6 is 12.4 Å². The Morgan fingerprint density at radius 1 is 1.50 bits per heavy atom. The molecule has 0 aliphatic carbocycles. The third kappa shape index (κ3) is 4.20. The first-order chi connectivity index (χ1) is 7.95. The number of hydrogen-bond donors (Lipinski definition) is 3. The number of halogens is 1. The molecule has 0 fully saturated rings. The highest BCUT2D eigenvalue weighted by molar-refractivity contribution is 5.96. The van der Waals surface area contributed by atoms with Crippen LogP contribution in [-0.4, -0.2) is 17.1 Å².